The van der Waals surface area contributed by atoms with Crippen molar-refractivity contribution in [3.8, 4) is 5.75 Å². The predicted octanol–water partition coefficient (Wildman–Crippen LogP) is 4.92. The Labute approximate surface area is 135 Å². The van der Waals surface area contributed by atoms with Gasteiger partial charge in [-0.3, -0.25) is 4.98 Å². The summed E-state index contributed by atoms with van der Waals surface area (Å²) in [6.07, 6.45) is 2.42. The third-order valence-corrected chi connectivity index (χ3v) is 4.13. The zero-order valence-electron chi connectivity index (χ0n) is 13.7. The van der Waals surface area contributed by atoms with Crippen molar-refractivity contribution in [3.63, 3.8) is 0 Å². The van der Waals surface area contributed by atoms with Crippen molar-refractivity contribution in [2.24, 2.45) is 0 Å². The van der Waals surface area contributed by atoms with Crippen LogP contribution in [0.25, 0.3) is 10.9 Å². The van der Waals surface area contributed by atoms with Gasteiger partial charge in [-0.1, -0.05) is 23.8 Å². The molecule has 0 atom stereocenters. The van der Waals surface area contributed by atoms with Crippen LogP contribution >= 0.6 is 0 Å². The van der Waals surface area contributed by atoms with Gasteiger partial charge in [0.1, 0.15) is 17.1 Å². The summed E-state index contributed by atoms with van der Waals surface area (Å²) in [5.74, 6) is 0.357. The van der Waals surface area contributed by atoms with E-state index < -0.39 is 0 Å². The van der Waals surface area contributed by atoms with Crippen LogP contribution in [-0.2, 0) is 6.42 Å². The van der Waals surface area contributed by atoms with Crippen molar-refractivity contribution in [2.45, 2.75) is 27.2 Å². The predicted molar refractivity (Wildman–Crippen MR) is 91.6 cm³/mol. The molecule has 0 spiro atoms. The SMILES string of the molecule is Cc1cc(C)c(CCOc2ccnc3c(F)cccc23)c(C)c1. The highest BCUT2D eigenvalue weighted by Gasteiger charge is 2.08. The first kappa shape index (κ1) is 15.5. The second kappa shape index (κ2) is 6.37. The zero-order chi connectivity index (χ0) is 16.4. The number of benzene rings is 2. The van der Waals surface area contributed by atoms with Gasteiger partial charge < -0.3 is 4.74 Å². The molecule has 0 N–H and O–H groups in total. The zero-order valence-corrected chi connectivity index (χ0v) is 13.7. The van der Waals surface area contributed by atoms with E-state index in [0.717, 1.165) is 6.42 Å². The Morgan fingerprint density at radius 1 is 1.04 bits per heavy atom. The number of halogens is 1. The molecule has 118 valence electrons. The molecule has 2 nitrogen and oxygen atoms in total. The van der Waals surface area contributed by atoms with Crippen molar-refractivity contribution >= 4 is 10.9 Å². The number of aryl methyl sites for hydroxylation is 3. The average molecular weight is 309 g/mol. The quantitative estimate of drug-likeness (QED) is 0.682. The molecule has 23 heavy (non-hydrogen) atoms. The van der Waals surface area contributed by atoms with Gasteiger partial charge in [0, 0.05) is 18.0 Å². The highest BCUT2D eigenvalue weighted by atomic mass is 19.1. The van der Waals surface area contributed by atoms with Crippen LogP contribution in [0.5, 0.6) is 5.75 Å². The van der Waals surface area contributed by atoms with E-state index in [9.17, 15) is 4.39 Å². The van der Waals surface area contributed by atoms with Gasteiger partial charge in [0.25, 0.3) is 0 Å². The average Bonchev–Trinajstić information content (AvgIpc) is 2.50. The van der Waals surface area contributed by atoms with E-state index in [1.807, 2.05) is 6.07 Å². The van der Waals surface area contributed by atoms with E-state index in [1.165, 1.54) is 28.3 Å². The third kappa shape index (κ3) is 3.19. The molecule has 0 aliphatic carbocycles. The number of pyridine rings is 1. The molecule has 1 heterocycles. The topological polar surface area (TPSA) is 22.1 Å². The highest BCUT2D eigenvalue weighted by molar-refractivity contribution is 5.85. The molecule has 2 aromatic carbocycles. The van der Waals surface area contributed by atoms with Crippen LogP contribution in [0.3, 0.4) is 0 Å². The summed E-state index contributed by atoms with van der Waals surface area (Å²) >= 11 is 0. The molecule has 0 aliphatic rings. The normalized spacial score (nSPS) is 11.0. The van der Waals surface area contributed by atoms with Crippen LogP contribution in [0.15, 0.2) is 42.6 Å². The Hall–Kier alpha value is -2.42. The molecular formula is C20H20FNO. The number of hydrogen-bond donors (Lipinski definition) is 0. The molecule has 0 amide bonds. The fraction of sp³-hybridized carbons (Fsp3) is 0.250. The maximum atomic E-state index is 13.8. The van der Waals surface area contributed by atoms with Gasteiger partial charge in [0.2, 0.25) is 0 Å². The lowest BCUT2D eigenvalue weighted by atomic mass is 9.98. The van der Waals surface area contributed by atoms with Gasteiger partial charge in [-0.15, -0.1) is 0 Å². The monoisotopic (exact) mass is 309 g/mol. The Balaban J connectivity index is 1.79. The van der Waals surface area contributed by atoms with Crippen molar-refractivity contribution in [1.29, 1.82) is 0 Å². The van der Waals surface area contributed by atoms with Crippen LogP contribution in [0, 0.1) is 26.6 Å². The first-order valence-corrected chi connectivity index (χ1v) is 7.79. The number of ether oxygens (including phenoxy) is 1. The van der Waals surface area contributed by atoms with Gasteiger partial charge in [0.05, 0.1) is 6.61 Å². The van der Waals surface area contributed by atoms with Gasteiger partial charge in [-0.05, 0) is 55.7 Å². The summed E-state index contributed by atoms with van der Waals surface area (Å²) in [6, 6.07) is 11.1. The molecule has 0 saturated heterocycles. The van der Waals surface area contributed by atoms with Gasteiger partial charge in [0.15, 0.2) is 0 Å². The molecule has 0 bridgehead atoms. The van der Waals surface area contributed by atoms with Crippen LogP contribution in [-0.4, -0.2) is 11.6 Å². The summed E-state index contributed by atoms with van der Waals surface area (Å²) in [5, 5.41) is 0.713. The number of fused-ring (bicyclic) bond motifs is 1. The Morgan fingerprint density at radius 3 is 2.52 bits per heavy atom. The number of para-hydroxylation sites is 1. The number of aromatic nitrogens is 1. The fourth-order valence-electron chi connectivity index (χ4n) is 3.11. The third-order valence-electron chi connectivity index (χ3n) is 4.13. The van der Waals surface area contributed by atoms with E-state index in [4.69, 9.17) is 4.74 Å². The van der Waals surface area contributed by atoms with E-state index in [1.54, 1.807) is 18.3 Å². The second-order valence-electron chi connectivity index (χ2n) is 5.92. The summed E-state index contributed by atoms with van der Waals surface area (Å²) in [6.45, 7) is 6.93. The van der Waals surface area contributed by atoms with E-state index >= 15 is 0 Å². The summed E-state index contributed by atoms with van der Waals surface area (Å²) in [4.78, 5) is 4.09. The molecule has 0 unspecified atom stereocenters. The second-order valence-corrected chi connectivity index (χ2v) is 5.92. The molecule has 1 aromatic heterocycles. The molecule has 0 saturated carbocycles. The van der Waals surface area contributed by atoms with E-state index in [0.29, 0.717) is 23.3 Å². The van der Waals surface area contributed by atoms with E-state index in [2.05, 4.69) is 37.9 Å². The molecule has 0 aliphatic heterocycles. The lowest BCUT2D eigenvalue weighted by molar-refractivity contribution is 0.325. The van der Waals surface area contributed by atoms with Crippen molar-refractivity contribution < 1.29 is 9.13 Å². The van der Waals surface area contributed by atoms with Crippen LogP contribution in [0.4, 0.5) is 4.39 Å². The lowest BCUT2D eigenvalue weighted by Gasteiger charge is -2.13. The van der Waals surface area contributed by atoms with Crippen molar-refractivity contribution in [3.05, 3.63) is 70.7 Å². The highest BCUT2D eigenvalue weighted by Crippen LogP contribution is 2.26. The lowest BCUT2D eigenvalue weighted by Crippen LogP contribution is -2.05. The molecule has 0 fully saturated rings. The number of rotatable bonds is 4. The van der Waals surface area contributed by atoms with Gasteiger partial charge >= 0.3 is 0 Å². The Morgan fingerprint density at radius 2 is 1.78 bits per heavy atom. The molecular weight excluding hydrogens is 289 g/mol. The van der Waals surface area contributed by atoms with Crippen LogP contribution in [0.2, 0.25) is 0 Å². The first-order valence-electron chi connectivity index (χ1n) is 7.79. The molecule has 3 aromatic rings. The van der Waals surface area contributed by atoms with E-state index in [-0.39, 0.29) is 5.82 Å². The van der Waals surface area contributed by atoms with Crippen LogP contribution < -0.4 is 4.74 Å². The maximum absolute atomic E-state index is 13.8. The summed E-state index contributed by atoms with van der Waals surface area (Å²) < 4.78 is 19.7. The Bertz CT molecular complexity index is 834. The molecule has 0 radical (unpaired) electrons. The number of hydrogen-bond acceptors (Lipinski definition) is 2. The molecule has 3 rings (SSSR count). The fourth-order valence-corrected chi connectivity index (χ4v) is 3.11. The largest absolute Gasteiger partial charge is 0.492 e. The Kier molecular flexibility index (Phi) is 4.28. The van der Waals surface area contributed by atoms with Gasteiger partial charge in [-0.25, -0.2) is 4.39 Å². The van der Waals surface area contributed by atoms with Gasteiger partial charge in [-0.2, -0.15) is 0 Å². The smallest absolute Gasteiger partial charge is 0.149 e. The summed E-state index contributed by atoms with van der Waals surface area (Å²) in [5.41, 5.74) is 5.53. The molecule has 3 heteroatoms. The van der Waals surface area contributed by atoms with Crippen LogP contribution in [0.1, 0.15) is 22.3 Å². The maximum Gasteiger partial charge on any atom is 0.149 e. The van der Waals surface area contributed by atoms with Crippen molar-refractivity contribution in [1.82, 2.24) is 4.98 Å². The minimum atomic E-state index is -0.321. The first-order chi connectivity index (χ1) is 11.1. The minimum Gasteiger partial charge on any atom is -0.492 e. The summed E-state index contributed by atoms with van der Waals surface area (Å²) in [7, 11) is 0. The van der Waals surface area contributed by atoms with Crippen molar-refractivity contribution in [2.75, 3.05) is 6.61 Å². The standard InChI is InChI=1S/C20H20FNO/c1-13-11-14(2)16(15(3)12-13)8-10-23-19-7-9-22-20-17(19)5-4-6-18(20)21/h4-7,9,11-12H,8,10H2,1-3H3. The number of nitrogens with zero attached hydrogens (tertiary/aromatic N) is 1. The minimum absolute atomic E-state index is 0.321.